The Morgan fingerprint density at radius 2 is 1.09 bits per heavy atom. The van der Waals surface area contributed by atoms with Gasteiger partial charge in [-0.15, -0.1) is 34.0 Å². The molecule has 0 aliphatic heterocycles. The van der Waals surface area contributed by atoms with Crippen molar-refractivity contribution in [3.05, 3.63) is 46.2 Å². The van der Waals surface area contributed by atoms with Crippen LogP contribution in [0.3, 0.4) is 0 Å². The van der Waals surface area contributed by atoms with Crippen LogP contribution in [0.2, 0.25) is 0 Å². The van der Waals surface area contributed by atoms with Gasteiger partial charge in [0, 0.05) is 29.3 Å². The standard InChI is InChI=1S/C30H44S3/c1-5-6-7-8-9-10-14-25-17-19-27(31-25)29-21-22-30(33-29)28-20-18-26(32-28)16-15-24(4)13-11-12-23(2)3/h17-24H,5-16H2,1-4H3. The van der Waals surface area contributed by atoms with Crippen molar-refractivity contribution in [1.29, 1.82) is 0 Å². The van der Waals surface area contributed by atoms with Gasteiger partial charge in [-0.1, -0.05) is 79.1 Å². The fourth-order valence-corrected chi connectivity index (χ4v) is 7.64. The van der Waals surface area contributed by atoms with Gasteiger partial charge >= 0.3 is 0 Å². The molecule has 0 aliphatic rings. The van der Waals surface area contributed by atoms with Gasteiger partial charge < -0.3 is 0 Å². The summed E-state index contributed by atoms with van der Waals surface area (Å²) in [4.78, 5) is 8.84. The highest BCUT2D eigenvalue weighted by atomic mass is 32.1. The van der Waals surface area contributed by atoms with Crippen molar-refractivity contribution < 1.29 is 0 Å². The van der Waals surface area contributed by atoms with Crippen LogP contribution in [0.25, 0.3) is 19.5 Å². The second kappa shape index (κ2) is 14.5. The van der Waals surface area contributed by atoms with Gasteiger partial charge in [0.05, 0.1) is 0 Å². The third kappa shape index (κ3) is 9.34. The second-order valence-corrected chi connectivity index (χ2v) is 13.6. The summed E-state index contributed by atoms with van der Waals surface area (Å²) in [6.45, 7) is 9.39. The summed E-state index contributed by atoms with van der Waals surface area (Å²) >= 11 is 5.97. The van der Waals surface area contributed by atoms with Crippen molar-refractivity contribution in [2.24, 2.45) is 11.8 Å². The molecule has 0 aromatic carbocycles. The third-order valence-electron chi connectivity index (χ3n) is 6.55. The predicted molar refractivity (Wildman–Crippen MR) is 154 cm³/mol. The summed E-state index contributed by atoms with van der Waals surface area (Å²) in [7, 11) is 0. The Hall–Kier alpha value is -0.900. The van der Waals surface area contributed by atoms with Crippen molar-refractivity contribution in [2.45, 2.75) is 105 Å². The van der Waals surface area contributed by atoms with Gasteiger partial charge in [0.25, 0.3) is 0 Å². The van der Waals surface area contributed by atoms with E-state index >= 15 is 0 Å². The van der Waals surface area contributed by atoms with Gasteiger partial charge in [-0.2, -0.15) is 0 Å². The first-order valence-electron chi connectivity index (χ1n) is 13.3. The van der Waals surface area contributed by atoms with Crippen LogP contribution >= 0.6 is 34.0 Å². The van der Waals surface area contributed by atoms with E-state index in [1.165, 1.54) is 96.6 Å². The highest BCUT2D eigenvalue weighted by molar-refractivity contribution is 7.26. The molecule has 0 nitrogen and oxygen atoms in total. The lowest BCUT2D eigenvalue weighted by Crippen LogP contribution is -1.98. The lowest BCUT2D eigenvalue weighted by Gasteiger charge is -2.11. The Morgan fingerprint density at radius 1 is 0.545 bits per heavy atom. The van der Waals surface area contributed by atoms with Crippen molar-refractivity contribution in [3.8, 4) is 19.5 Å². The van der Waals surface area contributed by atoms with E-state index in [4.69, 9.17) is 0 Å². The van der Waals surface area contributed by atoms with Crippen molar-refractivity contribution >= 4 is 34.0 Å². The van der Waals surface area contributed by atoms with Crippen LogP contribution in [0.5, 0.6) is 0 Å². The minimum absolute atomic E-state index is 0.840. The molecule has 0 N–H and O–H groups in total. The SMILES string of the molecule is CCCCCCCCc1ccc(-c2ccc(-c3ccc(CCC(C)CCCC(C)C)s3)s2)s1. The van der Waals surface area contributed by atoms with Gasteiger partial charge in [0.15, 0.2) is 0 Å². The summed E-state index contributed by atoms with van der Waals surface area (Å²) in [5.41, 5.74) is 0. The second-order valence-electron chi connectivity index (χ2n) is 10.2. The summed E-state index contributed by atoms with van der Waals surface area (Å²) in [6.07, 6.45) is 16.2. The van der Waals surface area contributed by atoms with E-state index < -0.39 is 0 Å². The van der Waals surface area contributed by atoms with Crippen LogP contribution in [0.4, 0.5) is 0 Å². The predicted octanol–water partition coefficient (Wildman–Crippen LogP) is 11.5. The molecule has 0 amide bonds. The maximum absolute atomic E-state index is 2.43. The topological polar surface area (TPSA) is 0 Å². The molecule has 3 aromatic heterocycles. The molecule has 182 valence electrons. The Kier molecular flexibility index (Phi) is 11.7. The highest BCUT2D eigenvalue weighted by Gasteiger charge is 2.11. The third-order valence-corrected chi connectivity index (χ3v) is 10.3. The van der Waals surface area contributed by atoms with E-state index in [1.807, 2.05) is 34.0 Å². The first-order valence-corrected chi connectivity index (χ1v) is 15.8. The number of aryl methyl sites for hydroxylation is 2. The van der Waals surface area contributed by atoms with Crippen molar-refractivity contribution in [3.63, 3.8) is 0 Å². The van der Waals surface area contributed by atoms with Crippen molar-refractivity contribution in [1.82, 2.24) is 0 Å². The van der Waals surface area contributed by atoms with E-state index in [0.29, 0.717) is 0 Å². The molecular formula is C30H44S3. The Labute approximate surface area is 215 Å². The minimum Gasteiger partial charge on any atom is -0.139 e. The Balaban J connectivity index is 1.46. The fraction of sp³-hybridized carbons (Fsp3) is 0.600. The zero-order chi connectivity index (χ0) is 23.5. The molecule has 3 heterocycles. The average molecular weight is 501 g/mol. The molecule has 0 aliphatic carbocycles. The van der Waals surface area contributed by atoms with Crippen LogP contribution in [0, 0.1) is 11.8 Å². The first kappa shape index (κ1) is 26.7. The Bertz CT molecular complexity index is 911. The molecule has 0 saturated carbocycles. The summed E-state index contributed by atoms with van der Waals surface area (Å²) in [6, 6.07) is 14.1. The number of thiophene rings is 3. The lowest BCUT2D eigenvalue weighted by atomic mass is 9.96. The van der Waals surface area contributed by atoms with E-state index in [9.17, 15) is 0 Å². The maximum Gasteiger partial charge on any atom is 0.0449 e. The normalized spacial score (nSPS) is 12.6. The van der Waals surface area contributed by atoms with Crippen LogP contribution in [0.15, 0.2) is 36.4 Å². The highest BCUT2D eigenvalue weighted by Crippen LogP contribution is 2.40. The molecule has 33 heavy (non-hydrogen) atoms. The number of hydrogen-bond donors (Lipinski definition) is 0. The zero-order valence-electron chi connectivity index (χ0n) is 21.3. The molecule has 1 atom stereocenters. The van der Waals surface area contributed by atoms with Crippen LogP contribution in [0.1, 0.15) is 102 Å². The van der Waals surface area contributed by atoms with Crippen LogP contribution < -0.4 is 0 Å². The van der Waals surface area contributed by atoms with Gasteiger partial charge in [-0.25, -0.2) is 0 Å². The van der Waals surface area contributed by atoms with Crippen molar-refractivity contribution in [2.75, 3.05) is 0 Å². The largest absolute Gasteiger partial charge is 0.139 e. The first-order chi connectivity index (χ1) is 16.0. The monoisotopic (exact) mass is 500 g/mol. The smallest absolute Gasteiger partial charge is 0.0449 e. The minimum atomic E-state index is 0.840. The molecule has 3 rings (SSSR count). The quantitative estimate of drug-likeness (QED) is 0.171. The molecule has 1 unspecified atom stereocenters. The molecular weight excluding hydrogens is 457 g/mol. The van der Waals surface area contributed by atoms with Gasteiger partial charge in [-0.05, 0) is 73.9 Å². The molecule has 0 radical (unpaired) electrons. The molecule has 3 aromatic rings. The van der Waals surface area contributed by atoms with Gasteiger partial charge in [0.1, 0.15) is 0 Å². The molecule has 3 heteroatoms. The Morgan fingerprint density at radius 3 is 1.73 bits per heavy atom. The van der Waals surface area contributed by atoms with E-state index in [2.05, 4.69) is 64.1 Å². The molecule has 0 bridgehead atoms. The zero-order valence-corrected chi connectivity index (χ0v) is 23.8. The van der Waals surface area contributed by atoms with Crippen LogP contribution in [-0.4, -0.2) is 0 Å². The molecule has 0 fully saturated rings. The van der Waals surface area contributed by atoms with E-state index in [0.717, 1.165) is 11.8 Å². The van der Waals surface area contributed by atoms with E-state index in [-0.39, 0.29) is 0 Å². The molecule has 0 saturated heterocycles. The van der Waals surface area contributed by atoms with E-state index in [1.54, 1.807) is 9.75 Å². The summed E-state index contributed by atoms with van der Waals surface area (Å²) < 4.78 is 0. The summed E-state index contributed by atoms with van der Waals surface area (Å²) in [5.74, 6) is 1.68. The number of hydrogen-bond acceptors (Lipinski definition) is 3. The van der Waals surface area contributed by atoms with Crippen LogP contribution in [-0.2, 0) is 12.8 Å². The fourth-order valence-electron chi connectivity index (χ4n) is 4.38. The number of rotatable bonds is 16. The number of unbranched alkanes of at least 4 members (excludes halogenated alkanes) is 5. The van der Waals surface area contributed by atoms with Gasteiger partial charge in [0.2, 0.25) is 0 Å². The lowest BCUT2D eigenvalue weighted by molar-refractivity contribution is 0.438. The summed E-state index contributed by atoms with van der Waals surface area (Å²) in [5, 5.41) is 0. The average Bonchev–Trinajstić information content (AvgIpc) is 3.54. The maximum atomic E-state index is 2.43. The molecule has 0 spiro atoms. The van der Waals surface area contributed by atoms with Gasteiger partial charge in [-0.3, -0.25) is 0 Å².